The molecule has 2 bridgehead atoms. The minimum absolute atomic E-state index is 0.156. The molecule has 5 rings (SSSR count). The maximum atomic E-state index is 4.99. The third-order valence-corrected chi connectivity index (χ3v) is 7.06. The first kappa shape index (κ1) is 19.4. The Morgan fingerprint density at radius 2 is 2.21 bits per heavy atom. The monoisotopic (exact) mass is 381 g/mol. The van der Waals surface area contributed by atoms with Crippen molar-refractivity contribution in [3.05, 3.63) is 42.0 Å². The summed E-state index contributed by atoms with van der Waals surface area (Å²) in [5, 5.41) is 11.3. The largest absolute Gasteiger partial charge is 0.353 e. The molecule has 5 heteroatoms. The summed E-state index contributed by atoms with van der Waals surface area (Å²) in [6.45, 7) is 10.7. The molecular formula is C23H35N5. The van der Waals surface area contributed by atoms with Gasteiger partial charge in [0.1, 0.15) is 5.82 Å². The van der Waals surface area contributed by atoms with Crippen molar-refractivity contribution < 1.29 is 0 Å². The van der Waals surface area contributed by atoms with Gasteiger partial charge >= 0.3 is 0 Å². The predicted molar refractivity (Wildman–Crippen MR) is 116 cm³/mol. The number of H-pyrrole nitrogens is 1. The van der Waals surface area contributed by atoms with Gasteiger partial charge in [0.2, 0.25) is 0 Å². The van der Waals surface area contributed by atoms with Crippen LogP contribution in [0, 0.1) is 5.41 Å². The first-order chi connectivity index (χ1) is 13.5. The summed E-state index contributed by atoms with van der Waals surface area (Å²) in [5.41, 5.74) is 3.86. The normalized spacial score (nSPS) is 28.9. The van der Waals surface area contributed by atoms with Crippen molar-refractivity contribution in [1.82, 2.24) is 20.4 Å². The zero-order valence-electron chi connectivity index (χ0n) is 17.7. The van der Waals surface area contributed by atoms with E-state index in [1.54, 1.807) is 0 Å². The van der Waals surface area contributed by atoms with Crippen molar-refractivity contribution in [1.29, 1.82) is 0 Å². The van der Waals surface area contributed by atoms with Crippen molar-refractivity contribution in [2.75, 3.05) is 20.1 Å². The number of aromatic amines is 1. The van der Waals surface area contributed by atoms with Crippen LogP contribution in [0.1, 0.15) is 75.6 Å². The van der Waals surface area contributed by atoms with Crippen molar-refractivity contribution >= 4 is 5.71 Å². The highest BCUT2D eigenvalue weighted by atomic mass is 15.3. The molecule has 2 aliphatic heterocycles. The SMILES string of the molecule is C=C(/N=C(\C=C/C)C(C)c1cc(C2CCCC2)[nH]n1)N1CC2(CNC)CC1C2. The lowest BCUT2D eigenvalue weighted by molar-refractivity contribution is 0.183. The second kappa shape index (κ2) is 7.86. The Kier molecular flexibility index (Phi) is 5.46. The van der Waals surface area contributed by atoms with Gasteiger partial charge in [0.25, 0.3) is 0 Å². The minimum atomic E-state index is 0.156. The van der Waals surface area contributed by atoms with E-state index in [-0.39, 0.29) is 5.92 Å². The van der Waals surface area contributed by atoms with Crippen LogP contribution in [0.25, 0.3) is 0 Å². The predicted octanol–water partition coefficient (Wildman–Crippen LogP) is 4.34. The van der Waals surface area contributed by atoms with E-state index in [0.717, 1.165) is 30.3 Å². The van der Waals surface area contributed by atoms with E-state index in [1.165, 1.54) is 44.2 Å². The Hall–Kier alpha value is -1.88. The van der Waals surface area contributed by atoms with E-state index in [9.17, 15) is 0 Å². The molecule has 0 spiro atoms. The smallest absolute Gasteiger partial charge is 0.121 e. The van der Waals surface area contributed by atoms with Crippen molar-refractivity contribution in [2.45, 2.75) is 70.3 Å². The fourth-order valence-corrected chi connectivity index (χ4v) is 5.49. The van der Waals surface area contributed by atoms with E-state index < -0.39 is 0 Å². The van der Waals surface area contributed by atoms with Crippen LogP contribution in [-0.4, -0.2) is 47.0 Å². The molecule has 0 radical (unpaired) electrons. The molecule has 152 valence electrons. The van der Waals surface area contributed by atoms with Crippen LogP contribution in [0.15, 0.2) is 35.6 Å². The van der Waals surface area contributed by atoms with Gasteiger partial charge in [0.15, 0.2) is 0 Å². The Bertz CT molecular complexity index is 762. The van der Waals surface area contributed by atoms with Crippen LogP contribution in [0.2, 0.25) is 0 Å². The number of hydrogen-bond acceptors (Lipinski definition) is 4. The van der Waals surface area contributed by atoms with Crippen LogP contribution in [-0.2, 0) is 0 Å². The topological polar surface area (TPSA) is 56.3 Å². The Morgan fingerprint density at radius 1 is 1.46 bits per heavy atom. The van der Waals surface area contributed by atoms with Gasteiger partial charge < -0.3 is 10.2 Å². The molecule has 2 saturated carbocycles. The zero-order chi connectivity index (χ0) is 19.7. The number of fused-ring (bicyclic) bond motifs is 1. The van der Waals surface area contributed by atoms with Crippen LogP contribution >= 0.6 is 0 Å². The first-order valence-corrected chi connectivity index (χ1v) is 10.9. The maximum absolute atomic E-state index is 4.99. The van der Waals surface area contributed by atoms with Crippen molar-refractivity contribution in [2.24, 2.45) is 10.4 Å². The second-order valence-corrected chi connectivity index (χ2v) is 9.12. The average Bonchev–Trinajstić information content (AvgIpc) is 3.41. The molecular weight excluding hydrogens is 346 g/mol. The van der Waals surface area contributed by atoms with Gasteiger partial charge in [-0.1, -0.05) is 32.4 Å². The van der Waals surface area contributed by atoms with E-state index in [0.29, 0.717) is 17.4 Å². The highest BCUT2D eigenvalue weighted by molar-refractivity contribution is 6.00. The molecule has 1 atom stereocenters. The standard InChI is InChI=1S/C23H35N5/c1-5-8-20(16(2)21-11-22(27-26-21)18-9-6-7-10-18)25-17(3)28-15-23(14-24-4)12-19(28)13-23/h5,8,11,16,18-19,24H,3,6-7,9-10,12-15H2,1-2,4H3,(H,26,27)/b8-5-,25-20+. The molecule has 3 heterocycles. The van der Waals surface area contributed by atoms with Crippen LogP contribution in [0.3, 0.4) is 0 Å². The first-order valence-electron chi connectivity index (χ1n) is 10.9. The van der Waals surface area contributed by atoms with Gasteiger partial charge in [0.05, 0.1) is 11.4 Å². The second-order valence-electron chi connectivity index (χ2n) is 9.12. The fraction of sp³-hybridized carbons (Fsp3) is 0.652. The molecule has 4 fully saturated rings. The van der Waals surface area contributed by atoms with Crippen molar-refractivity contribution in [3.8, 4) is 0 Å². The van der Waals surface area contributed by atoms with Gasteiger partial charge in [-0.2, -0.15) is 5.10 Å². The summed E-state index contributed by atoms with van der Waals surface area (Å²) < 4.78 is 0. The Morgan fingerprint density at radius 3 is 2.89 bits per heavy atom. The van der Waals surface area contributed by atoms with Crippen LogP contribution in [0.5, 0.6) is 0 Å². The number of allylic oxidation sites excluding steroid dienone is 2. The number of aliphatic imine (C=N–C) groups is 1. The summed E-state index contributed by atoms with van der Waals surface area (Å²) in [7, 11) is 2.05. The molecule has 1 unspecified atom stereocenters. The third kappa shape index (κ3) is 3.57. The van der Waals surface area contributed by atoms with Gasteiger partial charge in [-0.3, -0.25) is 5.10 Å². The zero-order valence-corrected chi connectivity index (χ0v) is 17.7. The quantitative estimate of drug-likeness (QED) is 0.659. The van der Waals surface area contributed by atoms with Crippen molar-refractivity contribution in [3.63, 3.8) is 0 Å². The molecule has 4 aliphatic rings. The van der Waals surface area contributed by atoms with E-state index in [1.807, 2.05) is 14.0 Å². The van der Waals surface area contributed by atoms with Gasteiger partial charge in [-0.25, -0.2) is 4.99 Å². The summed E-state index contributed by atoms with van der Waals surface area (Å²) in [5.74, 6) is 1.72. The van der Waals surface area contributed by atoms with Crippen LogP contribution < -0.4 is 5.32 Å². The molecule has 0 aromatic carbocycles. The number of nitrogens with zero attached hydrogens (tertiary/aromatic N) is 3. The lowest BCUT2D eigenvalue weighted by Gasteiger charge is -2.36. The molecule has 0 amide bonds. The highest BCUT2D eigenvalue weighted by Gasteiger charge is 2.54. The van der Waals surface area contributed by atoms with Gasteiger partial charge in [0, 0.05) is 42.1 Å². The lowest BCUT2D eigenvalue weighted by atomic mass is 9.70. The lowest BCUT2D eigenvalue weighted by Crippen LogP contribution is -2.41. The summed E-state index contributed by atoms with van der Waals surface area (Å²) in [6.07, 6.45) is 12.0. The van der Waals surface area contributed by atoms with E-state index in [4.69, 9.17) is 4.99 Å². The van der Waals surface area contributed by atoms with Gasteiger partial charge in [-0.05, 0) is 51.8 Å². The van der Waals surface area contributed by atoms with Gasteiger partial charge in [-0.15, -0.1) is 0 Å². The number of rotatable bonds is 8. The maximum Gasteiger partial charge on any atom is 0.121 e. The molecule has 1 aromatic rings. The number of hydrogen-bond donors (Lipinski definition) is 2. The Balaban J connectivity index is 1.48. The summed E-state index contributed by atoms with van der Waals surface area (Å²) in [4.78, 5) is 7.41. The van der Waals surface area contributed by atoms with E-state index in [2.05, 4.69) is 52.1 Å². The average molecular weight is 382 g/mol. The molecule has 2 aliphatic carbocycles. The van der Waals surface area contributed by atoms with Crippen LogP contribution in [0.4, 0.5) is 0 Å². The molecule has 28 heavy (non-hydrogen) atoms. The molecule has 2 N–H and O–H groups in total. The summed E-state index contributed by atoms with van der Waals surface area (Å²) >= 11 is 0. The third-order valence-electron chi connectivity index (χ3n) is 7.06. The number of aromatic nitrogens is 2. The molecule has 1 aromatic heterocycles. The Labute approximate surface area is 169 Å². The highest BCUT2D eigenvalue weighted by Crippen LogP contribution is 2.52. The fourth-order valence-electron chi connectivity index (χ4n) is 5.49. The minimum Gasteiger partial charge on any atom is -0.353 e. The summed E-state index contributed by atoms with van der Waals surface area (Å²) in [6, 6.07) is 2.88. The number of nitrogens with one attached hydrogen (secondary N) is 2. The molecule has 5 nitrogen and oxygen atoms in total. The molecule has 2 saturated heterocycles. The van der Waals surface area contributed by atoms with E-state index >= 15 is 0 Å².